The molecule has 2 unspecified atom stereocenters. The van der Waals surface area contributed by atoms with Crippen molar-refractivity contribution < 1.29 is 4.74 Å². The van der Waals surface area contributed by atoms with Crippen LogP contribution in [-0.4, -0.2) is 37.2 Å². The average Bonchev–Trinajstić information content (AvgIpc) is 2.70. The number of nitrogens with zero attached hydrogens (tertiary/aromatic N) is 1. The number of hydrogen-bond acceptors (Lipinski definition) is 2. The van der Waals surface area contributed by atoms with Gasteiger partial charge in [-0.3, -0.25) is 0 Å². The first-order chi connectivity index (χ1) is 11.8. The average molecular weight is 346 g/mol. The molecule has 142 valence electrons. The van der Waals surface area contributed by atoms with Crippen molar-refractivity contribution in [2.24, 2.45) is 40.4 Å². The summed E-state index contributed by atoms with van der Waals surface area (Å²) in [6.07, 6.45) is 11.5. The summed E-state index contributed by atoms with van der Waals surface area (Å²) < 4.78 is 6.06. The van der Waals surface area contributed by atoms with Crippen molar-refractivity contribution in [2.75, 3.05) is 26.7 Å². The fraction of sp³-hybridized carbons (Fsp3) is 1.00. The molecule has 25 heavy (non-hydrogen) atoms. The number of ether oxygens (including phenoxy) is 1. The molecule has 1 heterocycles. The van der Waals surface area contributed by atoms with Gasteiger partial charge in [-0.1, -0.05) is 20.8 Å². The Bertz CT molecular complexity index is 526. The van der Waals surface area contributed by atoms with Crippen LogP contribution < -0.4 is 0 Å². The third kappa shape index (κ3) is 2.42. The summed E-state index contributed by atoms with van der Waals surface area (Å²) in [5.74, 6) is 4.86. The molecule has 4 atom stereocenters. The molecule has 2 nitrogen and oxygen atoms in total. The molecule has 5 aliphatic carbocycles. The monoisotopic (exact) mass is 345 g/mol. The summed E-state index contributed by atoms with van der Waals surface area (Å²) in [4.78, 5) is 2.86. The summed E-state index contributed by atoms with van der Waals surface area (Å²) in [7, 11) is 1.98. The first-order valence-corrected chi connectivity index (χ1v) is 11.1. The Balaban J connectivity index is 1.23. The minimum absolute atomic E-state index is 0.286. The number of fused-ring (bicyclic) bond motifs is 2. The van der Waals surface area contributed by atoms with Gasteiger partial charge in [0.1, 0.15) is 0 Å². The van der Waals surface area contributed by atoms with E-state index < -0.39 is 0 Å². The van der Waals surface area contributed by atoms with Crippen molar-refractivity contribution in [3.05, 3.63) is 0 Å². The summed E-state index contributed by atoms with van der Waals surface area (Å²) in [5.41, 5.74) is 1.39. The van der Waals surface area contributed by atoms with Gasteiger partial charge in [-0.25, -0.2) is 0 Å². The molecule has 0 radical (unpaired) electrons. The standard InChI is InChI=1S/C23H39NO/c1-21(2)19-5-7-22(21,3)15-24(14-19)8-6-20-17-9-16-10-18(20)13-23(11-16,12-17)25-4/h16-20H,5-15H2,1-4H3/t16?,17?,18?,19-,20?,22-,23?/m1/s1. The van der Waals surface area contributed by atoms with Crippen molar-refractivity contribution in [2.45, 2.75) is 77.7 Å². The second-order valence-electron chi connectivity index (χ2n) is 11.6. The molecule has 0 aromatic carbocycles. The van der Waals surface area contributed by atoms with Crippen molar-refractivity contribution in [1.82, 2.24) is 4.90 Å². The summed E-state index contributed by atoms with van der Waals surface area (Å²) >= 11 is 0. The zero-order chi connectivity index (χ0) is 17.4. The normalized spacial score (nSPS) is 53.5. The highest BCUT2D eigenvalue weighted by molar-refractivity contribution is 5.08. The number of likely N-dealkylation sites (tertiary alicyclic amines) is 1. The third-order valence-electron chi connectivity index (χ3n) is 10.3. The van der Waals surface area contributed by atoms with Crippen molar-refractivity contribution in [3.63, 3.8) is 0 Å². The van der Waals surface area contributed by atoms with E-state index >= 15 is 0 Å². The van der Waals surface area contributed by atoms with Crippen LogP contribution in [0, 0.1) is 40.4 Å². The Morgan fingerprint density at radius 2 is 1.76 bits per heavy atom. The number of rotatable bonds is 4. The van der Waals surface area contributed by atoms with E-state index in [0.717, 1.165) is 29.6 Å². The Morgan fingerprint density at radius 3 is 2.40 bits per heavy atom. The Morgan fingerprint density at radius 1 is 1.04 bits per heavy atom. The van der Waals surface area contributed by atoms with Crippen LogP contribution in [0.1, 0.15) is 72.1 Å². The first-order valence-electron chi connectivity index (χ1n) is 11.1. The number of methoxy groups -OCH3 is 1. The Hall–Kier alpha value is -0.0800. The molecule has 0 N–H and O–H groups in total. The molecular formula is C23H39NO. The SMILES string of the molecule is COC12CC3CC(C1)C(CCN1C[C@H]4CC[C@](C)(C1)C4(C)C)C(C3)C2. The van der Waals surface area contributed by atoms with Crippen molar-refractivity contribution >= 4 is 0 Å². The Labute approximate surface area is 155 Å². The van der Waals surface area contributed by atoms with Gasteiger partial charge in [-0.15, -0.1) is 0 Å². The predicted octanol–water partition coefficient (Wildman–Crippen LogP) is 4.98. The van der Waals surface area contributed by atoms with E-state index in [9.17, 15) is 0 Å². The lowest BCUT2D eigenvalue weighted by molar-refractivity contribution is -0.171. The van der Waals surface area contributed by atoms with Gasteiger partial charge in [0.25, 0.3) is 0 Å². The maximum Gasteiger partial charge on any atom is 0.0687 e. The van der Waals surface area contributed by atoms with Gasteiger partial charge in [-0.2, -0.15) is 0 Å². The molecule has 6 fully saturated rings. The van der Waals surface area contributed by atoms with E-state index in [0.29, 0.717) is 10.8 Å². The molecular weight excluding hydrogens is 306 g/mol. The molecule has 1 saturated heterocycles. The van der Waals surface area contributed by atoms with E-state index in [1.54, 1.807) is 0 Å². The fourth-order valence-corrected chi connectivity index (χ4v) is 8.42. The zero-order valence-electron chi connectivity index (χ0n) is 17.0. The molecule has 0 aromatic heterocycles. The van der Waals surface area contributed by atoms with Crippen LogP contribution in [0.15, 0.2) is 0 Å². The second kappa shape index (κ2) is 5.47. The first kappa shape index (κ1) is 17.0. The lowest BCUT2D eigenvalue weighted by Crippen LogP contribution is -2.56. The molecule has 1 aliphatic heterocycles. The van der Waals surface area contributed by atoms with Gasteiger partial charge in [0, 0.05) is 20.2 Å². The smallest absolute Gasteiger partial charge is 0.0687 e. The van der Waals surface area contributed by atoms with Gasteiger partial charge in [-0.05, 0) is 98.3 Å². The highest BCUT2D eigenvalue weighted by Gasteiger charge is 2.57. The van der Waals surface area contributed by atoms with Crippen LogP contribution in [0.25, 0.3) is 0 Å². The minimum atomic E-state index is 0.286. The van der Waals surface area contributed by atoms with Gasteiger partial charge < -0.3 is 9.64 Å². The number of hydrogen-bond donors (Lipinski definition) is 0. The predicted molar refractivity (Wildman–Crippen MR) is 102 cm³/mol. The van der Waals surface area contributed by atoms with Crippen LogP contribution in [0.4, 0.5) is 0 Å². The molecule has 6 bridgehead atoms. The molecule has 2 heteroatoms. The van der Waals surface area contributed by atoms with E-state index in [4.69, 9.17) is 4.74 Å². The van der Waals surface area contributed by atoms with Crippen molar-refractivity contribution in [3.8, 4) is 0 Å². The van der Waals surface area contributed by atoms with Gasteiger partial charge >= 0.3 is 0 Å². The molecule has 0 aromatic rings. The van der Waals surface area contributed by atoms with Gasteiger partial charge in [0.2, 0.25) is 0 Å². The molecule has 6 rings (SSSR count). The van der Waals surface area contributed by atoms with E-state index in [-0.39, 0.29) is 5.60 Å². The maximum absolute atomic E-state index is 6.06. The second-order valence-corrected chi connectivity index (χ2v) is 11.6. The molecule has 0 spiro atoms. The highest BCUT2D eigenvalue weighted by Crippen LogP contribution is 2.61. The Kier molecular flexibility index (Phi) is 3.73. The highest BCUT2D eigenvalue weighted by atomic mass is 16.5. The van der Waals surface area contributed by atoms with Crippen LogP contribution >= 0.6 is 0 Å². The minimum Gasteiger partial charge on any atom is -0.378 e. The van der Waals surface area contributed by atoms with Crippen LogP contribution in [0.3, 0.4) is 0 Å². The van der Waals surface area contributed by atoms with Gasteiger partial charge in [0.05, 0.1) is 5.60 Å². The lowest BCUT2D eigenvalue weighted by atomic mass is 9.49. The zero-order valence-corrected chi connectivity index (χ0v) is 17.0. The van der Waals surface area contributed by atoms with Crippen LogP contribution in [0.5, 0.6) is 0 Å². The van der Waals surface area contributed by atoms with E-state index in [1.165, 1.54) is 71.0 Å². The quantitative estimate of drug-likeness (QED) is 0.713. The largest absolute Gasteiger partial charge is 0.378 e. The van der Waals surface area contributed by atoms with Gasteiger partial charge in [0.15, 0.2) is 0 Å². The van der Waals surface area contributed by atoms with Crippen LogP contribution in [0.2, 0.25) is 0 Å². The lowest BCUT2D eigenvalue weighted by Gasteiger charge is -2.60. The third-order valence-corrected chi connectivity index (χ3v) is 10.3. The molecule has 5 saturated carbocycles. The maximum atomic E-state index is 6.06. The summed E-state index contributed by atoms with van der Waals surface area (Å²) in [6, 6.07) is 0. The number of piperidine rings is 1. The van der Waals surface area contributed by atoms with Crippen molar-refractivity contribution in [1.29, 1.82) is 0 Å². The fourth-order valence-electron chi connectivity index (χ4n) is 8.42. The molecule has 0 amide bonds. The van der Waals surface area contributed by atoms with E-state index in [1.807, 2.05) is 7.11 Å². The summed E-state index contributed by atoms with van der Waals surface area (Å²) in [5, 5.41) is 0. The van der Waals surface area contributed by atoms with E-state index in [2.05, 4.69) is 25.7 Å². The topological polar surface area (TPSA) is 12.5 Å². The molecule has 6 aliphatic rings. The van der Waals surface area contributed by atoms with Crippen LogP contribution in [-0.2, 0) is 4.74 Å². The summed E-state index contributed by atoms with van der Waals surface area (Å²) in [6.45, 7) is 11.8.